The quantitative estimate of drug-likeness (QED) is 0.216. The Morgan fingerprint density at radius 2 is 1.29 bits per heavy atom. The highest BCUT2D eigenvalue weighted by atomic mass is 16.5. The molecule has 3 aromatic rings. The van der Waals surface area contributed by atoms with Crippen molar-refractivity contribution in [2.45, 2.75) is 57.7 Å². The Hall–Kier alpha value is -2.68. The number of ether oxygens (including phenoxy) is 2. The first-order valence-corrected chi connectivity index (χ1v) is 12.8. The Morgan fingerprint density at radius 3 is 1.68 bits per heavy atom. The molecule has 178 valence electrons. The second kappa shape index (κ2) is 11.2. The van der Waals surface area contributed by atoms with Crippen LogP contribution in [0.15, 0.2) is 103 Å². The lowest BCUT2D eigenvalue weighted by atomic mass is 9.79. The van der Waals surface area contributed by atoms with Crippen molar-refractivity contribution in [3.05, 3.63) is 119 Å². The van der Waals surface area contributed by atoms with Crippen molar-refractivity contribution in [3.8, 4) is 0 Å². The highest BCUT2D eigenvalue weighted by molar-refractivity contribution is 5.47. The maximum Gasteiger partial charge on any atom is 0.143 e. The first-order chi connectivity index (χ1) is 16.7. The van der Waals surface area contributed by atoms with Gasteiger partial charge in [-0.1, -0.05) is 124 Å². The summed E-state index contributed by atoms with van der Waals surface area (Å²) in [6.45, 7) is 8.16. The average Bonchev–Trinajstić information content (AvgIpc) is 3.34. The summed E-state index contributed by atoms with van der Waals surface area (Å²) in [7, 11) is 0. The van der Waals surface area contributed by atoms with Gasteiger partial charge in [-0.15, -0.1) is 0 Å². The van der Waals surface area contributed by atoms with E-state index in [2.05, 4.69) is 118 Å². The molecule has 1 heterocycles. The molecule has 4 rings (SSSR count). The predicted molar refractivity (Wildman–Crippen MR) is 141 cm³/mol. The van der Waals surface area contributed by atoms with Gasteiger partial charge in [0.25, 0.3) is 0 Å². The van der Waals surface area contributed by atoms with Crippen molar-refractivity contribution >= 4 is 0 Å². The third-order valence-corrected chi connectivity index (χ3v) is 7.35. The summed E-state index contributed by atoms with van der Waals surface area (Å²) in [6.07, 6.45) is 6.49. The molecule has 0 aromatic heterocycles. The third-order valence-electron chi connectivity index (χ3n) is 7.35. The van der Waals surface area contributed by atoms with E-state index in [1.807, 2.05) is 0 Å². The molecule has 1 aliphatic rings. The van der Waals surface area contributed by atoms with E-state index in [4.69, 9.17) is 9.47 Å². The molecule has 0 unspecified atom stereocenters. The summed E-state index contributed by atoms with van der Waals surface area (Å²) in [5.41, 5.74) is 4.04. The summed E-state index contributed by atoms with van der Waals surface area (Å²) in [4.78, 5) is 0. The molecule has 1 aliphatic heterocycles. The van der Waals surface area contributed by atoms with E-state index in [9.17, 15) is 0 Å². The molecule has 0 bridgehead atoms. The fourth-order valence-corrected chi connectivity index (χ4v) is 5.18. The van der Waals surface area contributed by atoms with Gasteiger partial charge in [-0.3, -0.25) is 0 Å². The van der Waals surface area contributed by atoms with Gasteiger partial charge >= 0.3 is 0 Å². The molecule has 2 nitrogen and oxygen atoms in total. The molecule has 0 saturated heterocycles. The molecule has 3 aromatic carbocycles. The van der Waals surface area contributed by atoms with Crippen LogP contribution in [-0.2, 0) is 15.1 Å². The number of benzene rings is 3. The smallest absolute Gasteiger partial charge is 0.143 e. The molecule has 0 radical (unpaired) electrons. The number of hydrogen-bond donors (Lipinski definition) is 0. The average molecular weight is 455 g/mol. The van der Waals surface area contributed by atoms with Gasteiger partial charge < -0.3 is 9.47 Å². The van der Waals surface area contributed by atoms with Crippen LogP contribution < -0.4 is 0 Å². The zero-order valence-corrected chi connectivity index (χ0v) is 20.9. The second-order valence-electron chi connectivity index (χ2n) is 9.43. The van der Waals surface area contributed by atoms with E-state index in [-0.39, 0.29) is 5.60 Å². The third kappa shape index (κ3) is 5.04. The van der Waals surface area contributed by atoms with Gasteiger partial charge in [0.15, 0.2) is 0 Å². The molecular formula is C32H38O2. The van der Waals surface area contributed by atoms with Crippen LogP contribution in [0, 0.1) is 5.92 Å². The Bertz CT molecular complexity index is 945. The highest BCUT2D eigenvalue weighted by Gasteiger charge is 2.39. The Kier molecular flexibility index (Phi) is 8.03. The predicted octanol–water partition coefficient (Wildman–Crippen LogP) is 7.93. The number of hydrogen-bond acceptors (Lipinski definition) is 2. The molecular weight excluding hydrogens is 416 g/mol. The van der Waals surface area contributed by atoms with E-state index in [1.165, 1.54) is 5.57 Å². The first kappa shape index (κ1) is 24.4. The van der Waals surface area contributed by atoms with E-state index >= 15 is 0 Å². The Morgan fingerprint density at radius 1 is 0.794 bits per heavy atom. The number of rotatable bonds is 11. The topological polar surface area (TPSA) is 18.5 Å². The van der Waals surface area contributed by atoms with Crippen LogP contribution in [0.2, 0.25) is 0 Å². The van der Waals surface area contributed by atoms with Gasteiger partial charge in [0.05, 0.1) is 18.8 Å². The van der Waals surface area contributed by atoms with Gasteiger partial charge in [-0.2, -0.15) is 0 Å². The van der Waals surface area contributed by atoms with E-state index in [0.29, 0.717) is 12.5 Å². The lowest BCUT2D eigenvalue weighted by molar-refractivity contribution is -0.0420. The van der Waals surface area contributed by atoms with Crippen molar-refractivity contribution in [2.24, 2.45) is 5.92 Å². The fourth-order valence-electron chi connectivity index (χ4n) is 5.18. The summed E-state index contributed by atoms with van der Waals surface area (Å²) < 4.78 is 13.5. The van der Waals surface area contributed by atoms with Gasteiger partial charge in [-0.05, 0) is 47.4 Å². The Labute approximate surface area is 205 Å². The van der Waals surface area contributed by atoms with Gasteiger partial charge in [0.2, 0.25) is 0 Å². The molecule has 0 saturated carbocycles. The standard InChI is InChI=1S/C32H38O2/c1-4-26-22-31(6-3,33-24-26)23-27(5-2)25-34-32(28-16-10-7-11-17-28,29-18-12-8-13-19-29)30-20-14-9-15-21-30/h7-22,27H,4-6,23-25H2,1-3H3/t27-,31+/m1/s1. The zero-order valence-electron chi connectivity index (χ0n) is 20.9. The highest BCUT2D eigenvalue weighted by Crippen LogP contribution is 2.42. The summed E-state index contributed by atoms with van der Waals surface area (Å²) in [6, 6.07) is 31.9. The molecule has 2 heteroatoms. The minimum absolute atomic E-state index is 0.162. The summed E-state index contributed by atoms with van der Waals surface area (Å²) in [5.74, 6) is 0.392. The lowest BCUT2D eigenvalue weighted by Gasteiger charge is -2.38. The van der Waals surface area contributed by atoms with Gasteiger partial charge in [0, 0.05) is 0 Å². The van der Waals surface area contributed by atoms with Crippen molar-refractivity contribution in [2.75, 3.05) is 13.2 Å². The van der Waals surface area contributed by atoms with Crippen LogP contribution in [0.4, 0.5) is 0 Å². The molecule has 0 fully saturated rings. The molecule has 0 aliphatic carbocycles. The molecule has 0 amide bonds. The first-order valence-electron chi connectivity index (χ1n) is 12.8. The van der Waals surface area contributed by atoms with Crippen LogP contribution in [0.1, 0.15) is 63.1 Å². The molecule has 2 atom stereocenters. The van der Waals surface area contributed by atoms with Crippen LogP contribution in [0.25, 0.3) is 0 Å². The minimum atomic E-state index is -0.669. The van der Waals surface area contributed by atoms with Crippen LogP contribution in [-0.4, -0.2) is 18.8 Å². The van der Waals surface area contributed by atoms with E-state index in [0.717, 1.165) is 49.0 Å². The van der Waals surface area contributed by atoms with Crippen molar-refractivity contribution < 1.29 is 9.47 Å². The second-order valence-corrected chi connectivity index (χ2v) is 9.43. The Balaban J connectivity index is 1.71. The van der Waals surface area contributed by atoms with E-state index in [1.54, 1.807) is 0 Å². The van der Waals surface area contributed by atoms with Crippen molar-refractivity contribution in [1.82, 2.24) is 0 Å². The normalized spacial score (nSPS) is 19.1. The van der Waals surface area contributed by atoms with Crippen molar-refractivity contribution in [1.29, 1.82) is 0 Å². The fraction of sp³-hybridized carbons (Fsp3) is 0.375. The summed E-state index contributed by atoms with van der Waals surface area (Å²) in [5, 5.41) is 0. The molecule has 34 heavy (non-hydrogen) atoms. The maximum atomic E-state index is 7.12. The molecule has 0 spiro atoms. The SMILES string of the molecule is CCC1=C[C@@](CC)(C[C@@H](CC)COC(c2ccccc2)(c2ccccc2)c2ccccc2)OC1. The minimum Gasteiger partial charge on any atom is -0.367 e. The molecule has 0 N–H and O–H groups in total. The van der Waals surface area contributed by atoms with Gasteiger partial charge in [-0.25, -0.2) is 0 Å². The monoisotopic (exact) mass is 454 g/mol. The van der Waals surface area contributed by atoms with E-state index < -0.39 is 5.60 Å². The van der Waals surface area contributed by atoms with Crippen molar-refractivity contribution in [3.63, 3.8) is 0 Å². The largest absolute Gasteiger partial charge is 0.367 e. The van der Waals surface area contributed by atoms with Crippen LogP contribution in [0.5, 0.6) is 0 Å². The lowest BCUT2D eigenvalue weighted by Crippen LogP contribution is -2.36. The maximum absolute atomic E-state index is 7.12. The van der Waals surface area contributed by atoms with Crippen LogP contribution in [0.3, 0.4) is 0 Å². The summed E-state index contributed by atoms with van der Waals surface area (Å²) >= 11 is 0. The van der Waals surface area contributed by atoms with Crippen LogP contribution >= 0.6 is 0 Å². The zero-order chi connectivity index (χ0) is 23.9. The van der Waals surface area contributed by atoms with Gasteiger partial charge in [0.1, 0.15) is 5.60 Å².